The van der Waals surface area contributed by atoms with Gasteiger partial charge in [-0.3, -0.25) is 9.59 Å². The van der Waals surface area contributed by atoms with Crippen molar-refractivity contribution in [2.24, 2.45) is 5.41 Å². The zero-order valence-electron chi connectivity index (χ0n) is 13.6. The second-order valence-electron chi connectivity index (χ2n) is 6.35. The molecular weight excluding hydrogens is 380 g/mol. The number of aromatic nitrogens is 1. The number of nitrogens with zero attached hydrogens (tertiary/aromatic N) is 1. The van der Waals surface area contributed by atoms with E-state index in [0.717, 1.165) is 29.1 Å². The number of nitrogens with one attached hydrogen (secondary N) is 1. The number of carboxylic acids is 1. The number of thiophene rings is 1. The Morgan fingerprint density at radius 3 is 2.68 bits per heavy atom. The van der Waals surface area contributed by atoms with Crippen molar-refractivity contribution in [1.29, 1.82) is 0 Å². The van der Waals surface area contributed by atoms with Crippen molar-refractivity contribution in [3.63, 3.8) is 0 Å². The number of carbonyl (C=O) groups excluding carboxylic acids is 1. The highest BCUT2D eigenvalue weighted by atomic mass is 35.5. The van der Waals surface area contributed by atoms with Gasteiger partial charge in [0.1, 0.15) is 5.01 Å². The Bertz CT molecular complexity index is 766. The highest BCUT2D eigenvalue weighted by molar-refractivity contribution is 7.23. The number of aliphatic carboxylic acids is 1. The third kappa shape index (κ3) is 4.40. The average molecular weight is 399 g/mol. The Morgan fingerprint density at radius 1 is 1.28 bits per heavy atom. The van der Waals surface area contributed by atoms with Gasteiger partial charge in [-0.15, -0.1) is 22.7 Å². The van der Waals surface area contributed by atoms with E-state index in [-0.39, 0.29) is 18.9 Å². The van der Waals surface area contributed by atoms with E-state index in [2.05, 4.69) is 10.3 Å². The Balaban J connectivity index is 1.57. The Kier molecular flexibility index (Phi) is 5.76. The summed E-state index contributed by atoms with van der Waals surface area (Å²) in [6, 6.07) is 3.74. The number of rotatable bonds is 6. The van der Waals surface area contributed by atoms with E-state index < -0.39 is 11.4 Å². The zero-order valence-corrected chi connectivity index (χ0v) is 16.0. The number of carboxylic acid groups (broad SMARTS) is 1. The Hall–Kier alpha value is -1.44. The van der Waals surface area contributed by atoms with Crippen molar-refractivity contribution in [2.45, 2.75) is 38.5 Å². The summed E-state index contributed by atoms with van der Waals surface area (Å²) in [4.78, 5) is 29.3. The van der Waals surface area contributed by atoms with Gasteiger partial charge in [0, 0.05) is 11.9 Å². The summed E-state index contributed by atoms with van der Waals surface area (Å²) in [7, 11) is 0. The van der Waals surface area contributed by atoms with E-state index in [0.29, 0.717) is 22.9 Å². The minimum absolute atomic E-state index is 0.158. The molecule has 2 heterocycles. The Morgan fingerprint density at radius 2 is 2.04 bits per heavy atom. The van der Waals surface area contributed by atoms with Crippen LogP contribution in [0.2, 0.25) is 4.34 Å². The molecule has 2 aromatic rings. The minimum atomic E-state index is -0.811. The molecular formula is C17H19ClN2O3S2. The lowest BCUT2D eigenvalue weighted by Crippen LogP contribution is -2.44. The van der Waals surface area contributed by atoms with Gasteiger partial charge in [-0.2, -0.15) is 0 Å². The number of amides is 1. The highest BCUT2D eigenvalue weighted by Crippen LogP contribution is 2.36. The molecule has 0 saturated heterocycles. The van der Waals surface area contributed by atoms with Crippen LogP contribution in [0.25, 0.3) is 9.88 Å². The van der Waals surface area contributed by atoms with Crippen LogP contribution in [0, 0.1) is 5.41 Å². The van der Waals surface area contributed by atoms with E-state index in [4.69, 9.17) is 11.6 Å². The van der Waals surface area contributed by atoms with Crippen LogP contribution in [-0.4, -0.2) is 28.5 Å². The van der Waals surface area contributed by atoms with Crippen molar-refractivity contribution < 1.29 is 14.7 Å². The van der Waals surface area contributed by atoms with Gasteiger partial charge in [-0.25, -0.2) is 4.98 Å². The third-order valence-corrected chi connectivity index (χ3v) is 6.86. The molecule has 1 saturated carbocycles. The van der Waals surface area contributed by atoms with E-state index >= 15 is 0 Å². The summed E-state index contributed by atoms with van der Waals surface area (Å²) >= 11 is 8.87. The predicted octanol–water partition coefficient (Wildman–Crippen LogP) is 4.22. The lowest BCUT2D eigenvalue weighted by atomic mass is 9.74. The van der Waals surface area contributed by atoms with Crippen LogP contribution in [0.3, 0.4) is 0 Å². The smallest absolute Gasteiger partial charge is 0.311 e. The maximum Gasteiger partial charge on any atom is 0.311 e. The van der Waals surface area contributed by atoms with Crippen LogP contribution in [0.1, 0.15) is 37.8 Å². The standard InChI is InChI=1S/C17H19ClN2O3S2/c18-13-5-4-12(25-13)15-20-11(9-24-15)8-14(21)19-10-17(16(22)23)6-2-1-3-7-17/h4-5,9H,1-3,6-8,10H2,(H,19,21)(H,22,23). The maximum absolute atomic E-state index is 12.2. The summed E-state index contributed by atoms with van der Waals surface area (Å²) in [5.74, 6) is -0.995. The first kappa shape index (κ1) is 18.4. The number of halogens is 1. The molecule has 0 aromatic carbocycles. The van der Waals surface area contributed by atoms with E-state index in [1.807, 2.05) is 17.5 Å². The van der Waals surface area contributed by atoms with Crippen LogP contribution in [0.5, 0.6) is 0 Å². The van der Waals surface area contributed by atoms with Gasteiger partial charge in [0.05, 0.1) is 26.7 Å². The molecule has 0 bridgehead atoms. The molecule has 3 rings (SSSR count). The summed E-state index contributed by atoms with van der Waals surface area (Å²) < 4.78 is 0.705. The first-order chi connectivity index (χ1) is 12.0. The third-order valence-electron chi connectivity index (χ3n) is 4.57. The molecule has 25 heavy (non-hydrogen) atoms. The summed E-state index contributed by atoms with van der Waals surface area (Å²) in [6.07, 6.45) is 4.29. The largest absolute Gasteiger partial charge is 0.481 e. The monoisotopic (exact) mass is 398 g/mol. The molecule has 8 heteroatoms. The van der Waals surface area contributed by atoms with E-state index in [1.54, 1.807) is 0 Å². The van der Waals surface area contributed by atoms with Crippen molar-refractivity contribution in [1.82, 2.24) is 10.3 Å². The molecule has 0 atom stereocenters. The normalized spacial score (nSPS) is 16.5. The number of carbonyl (C=O) groups is 2. The zero-order chi connectivity index (χ0) is 17.9. The Labute approximate surface area is 159 Å². The van der Waals surface area contributed by atoms with Gasteiger partial charge < -0.3 is 10.4 Å². The van der Waals surface area contributed by atoms with E-state index in [1.165, 1.54) is 22.7 Å². The molecule has 134 valence electrons. The highest BCUT2D eigenvalue weighted by Gasteiger charge is 2.39. The maximum atomic E-state index is 12.2. The van der Waals surface area contributed by atoms with Crippen molar-refractivity contribution in [2.75, 3.05) is 6.54 Å². The molecule has 0 spiro atoms. The fourth-order valence-corrected chi connectivity index (χ4v) is 5.05. The summed E-state index contributed by atoms with van der Waals surface area (Å²) in [5.41, 5.74) is -0.121. The fraction of sp³-hybridized carbons (Fsp3) is 0.471. The summed E-state index contributed by atoms with van der Waals surface area (Å²) in [5, 5.41) is 15.1. The van der Waals surface area contributed by atoms with Crippen LogP contribution in [0.15, 0.2) is 17.5 Å². The number of hydrogen-bond acceptors (Lipinski definition) is 5. The number of hydrogen-bond donors (Lipinski definition) is 2. The first-order valence-electron chi connectivity index (χ1n) is 8.19. The minimum Gasteiger partial charge on any atom is -0.481 e. The van der Waals surface area contributed by atoms with Crippen LogP contribution < -0.4 is 5.32 Å². The van der Waals surface area contributed by atoms with Crippen molar-refractivity contribution in [3.05, 3.63) is 27.5 Å². The second kappa shape index (κ2) is 7.85. The first-order valence-corrected chi connectivity index (χ1v) is 10.3. The van der Waals surface area contributed by atoms with Crippen LogP contribution in [-0.2, 0) is 16.0 Å². The molecule has 1 amide bonds. The molecule has 1 aliphatic carbocycles. The van der Waals surface area contributed by atoms with Crippen molar-refractivity contribution in [3.8, 4) is 9.88 Å². The van der Waals surface area contributed by atoms with Gasteiger partial charge in [0.15, 0.2) is 0 Å². The molecule has 0 aliphatic heterocycles. The molecule has 0 radical (unpaired) electrons. The van der Waals surface area contributed by atoms with Crippen LogP contribution in [0.4, 0.5) is 0 Å². The molecule has 5 nitrogen and oxygen atoms in total. The van der Waals surface area contributed by atoms with Gasteiger partial charge >= 0.3 is 5.97 Å². The fourth-order valence-electron chi connectivity index (χ4n) is 3.12. The number of thiazole rings is 1. The van der Waals surface area contributed by atoms with Gasteiger partial charge in [-0.05, 0) is 25.0 Å². The van der Waals surface area contributed by atoms with Gasteiger partial charge in [0.2, 0.25) is 5.91 Å². The van der Waals surface area contributed by atoms with Crippen LogP contribution >= 0.6 is 34.3 Å². The predicted molar refractivity (Wildman–Crippen MR) is 100 cm³/mol. The summed E-state index contributed by atoms with van der Waals surface area (Å²) in [6.45, 7) is 0.193. The lowest BCUT2D eigenvalue weighted by Gasteiger charge is -2.33. The van der Waals surface area contributed by atoms with E-state index in [9.17, 15) is 14.7 Å². The lowest BCUT2D eigenvalue weighted by molar-refractivity contribution is -0.151. The second-order valence-corrected chi connectivity index (χ2v) is 8.92. The average Bonchev–Trinajstić information content (AvgIpc) is 3.22. The topological polar surface area (TPSA) is 79.3 Å². The van der Waals surface area contributed by atoms with Gasteiger partial charge in [0.25, 0.3) is 0 Å². The molecule has 2 N–H and O–H groups in total. The molecule has 1 aliphatic rings. The SMILES string of the molecule is O=C(Cc1csc(-c2ccc(Cl)s2)n1)NCC1(C(=O)O)CCCCC1. The molecule has 2 aromatic heterocycles. The van der Waals surface area contributed by atoms with Gasteiger partial charge in [-0.1, -0.05) is 30.9 Å². The quantitative estimate of drug-likeness (QED) is 0.763. The van der Waals surface area contributed by atoms with Crippen molar-refractivity contribution >= 4 is 46.2 Å². The molecule has 0 unspecified atom stereocenters. The molecule has 1 fully saturated rings.